The zero-order chi connectivity index (χ0) is 16.8. The Morgan fingerprint density at radius 2 is 2.04 bits per heavy atom. The number of fused-ring (bicyclic) bond motifs is 3. The van der Waals surface area contributed by atoms with E-state index in [4.69, 9.17) is 10.5 Å². The lowest BCUT2D eigenvalue weighted by atomic mass is 9.89. The first-order valence-electron chi connectivity index (χ1n) is 7.48. The molecule has 118 valence electrons. The third kappa shape index (κ3) is 2.06. The van der Waals surface area contributed by atoms with E-state index in [1.165, 1.54) is 0 Å². The van der Waals surface area contributed by atoms with Gasteiger partial charge in [0.15, 0.2) is 5.75 Å². The van der Waals surface area contributed by atoms with E-state index in [2.05, 4.69) is 16.0 Å². The van der Waals surface area contributed by atoms with Gasteiger partial charge in [-0.25, -0.2) is 4.98 Å². The topological polar surface area (TPSA) is 84.8 Å². The monoisotopic (exact) mass is 334 g/mol. The summed E-state index contributed by atoms with van der Waals surface area (Å²) in [5.41, 5.74) is 9.51. The van der Waals surface area contributed by atoms with Gasteiger partial charge in [-0.1, -0.05) is 0 Å². The highest BCUT2D eigenvalue weighted by Gasteiger charge is 2.34. The molecule has 0 saturated carbocycles. The molecule has 1 aliphatic heterocycles. The van der Waals surface area contributed by atoms with Crippen molar-refractivity contribution in [1.82, 2.24) is 9.97 Å². The van der Waals surface area contributed by atoms with Gasteiger partial charge >= 0.3 is 0 Å². The number of allylic oxidation sites excluding steroid dienone is 1. The average Bonchev–Trinajstić information content (AvgIpc) is 2.92. The highest BCUT2D eigenvalue weighted by molar-refractivity contribution is 7.19. The highest BCUT2D eigenvalue weighted by Crippen LogP contribution is 2.50. The molecule has 0 radical (unpaired) electrons. The Labute approximate surface area is 143 Å². The Morgan fingerprint density at radius 3 is 2.75 bits per heavy atom. The van der Waals surface area contributed by atoms with Crippen molar-refractivity contribution in [3.63, 3.8) is 0 Å². The Balaban J connectivity index is 2.05. The van der Waals surface area contributed by atoms with Gasteiger partial charge in [-0.05, 0) is 43.2 Å². The number of hydrogen-bond donors (Lipinski definition) is 1. The van der Waals surface area contributed by atoms with Crippen LogP contribution in [0.3, 0.4) is 0 Å². The van der Waals surface area contributed by atoms with E-state index in [1.807, 2.05) is 32.0 Å². The van der Waals surface area contributed by atoms with Crippen LogP contribution in [-0.2, 0) is 0 Å². The van der Waals surface area contributed by atoms with E-state index in [0.717, 1.165) is 37.7 Å². The molecule has 0 amide bonds. The summed E-state index contributed by atoms with van der Waals surface area (Å²) in [5, 5.41) is 10.6. The van der Waals surface area contributed by atoms with Gasteiger partial charge in [0.1, 0.15) is 16.5 Å². The molecule has 0 bridgehead atoms. The van der Waals surface area contributed by atoms with E-state index in [9.17, 15) is 5.26 Å². The molecule has 1 aliphatic rings. The summed E-state index contributed by atoms with van der Waals surface area (Å²) < 4.78 is 5.85. The van der Waals surface area contributed by atoms with Crippen LogP contribution in [0.2, 0.25) is 0 Å². The lowest BCUT2D eigenvalue weighted by Gasteiger charge is -2.23. The number of nitriles is 1. The second kappa shape index (κ2) is 5.32. The lowest BCUT2D eigenvalue weighted by Crippen LogP contribution is -2.19. The second-order valence-corrected chi connectivity index (χ2v) is 6.79. The normalized spacial score (nSPS) is 16.6. The van der Waals surface area contributed by atoms with Gasteiger partial charge in [-0.2, -0.15) is 5.26 Å². The summed E-state index contributed by atoms with van der Waals surface area (Å²) in [5.74, 6) is 0.630. The number of nitrogens with zero attached hydrogens (tertiary/aromatic N) is 3. The number of nitrogens with two attached hydrogens (primary N) is 1. The van der Waals surface area contributed by atoms with E-state index in [0.29, 0.717) is 5.57 Å². The van der Waals surface area contributed by atoms with Crippen LogP contribution in [0.4, 0.5) is 0 Å². The van der Waals surface area contributed by atoms with Crippen LogP contribution in [0.5, 0.6) is 5.75 Å². The minimum atomic E-state index is -0.249. The maximum atomic E-state index is 9.60. The molecule has 0 unspecified atom stereocenters. The molecule has 6 heteroatoms. The van der Waals surface area contributed by atoms with Crippen molar-refractivity contribution in [2.75, 3.05) is 0 Å². The van der Waals surface area contributed by atoms with Gasteiger partial charge in [0, 0.05) is 18.1 Å². The molecular formula is C18H14N4OS. The number of rotatable bonds is 1. The lowest BCUT2D eigenvalue weighted by molar-refractivity contribution is 0.401. The van der Waals surface area contributed by atoms with E-state index >= 15 is 0 Å². The van der Waals surface area contributed by atoms with Gasteiger partial charge in [0.05, 0.1) is 16.2 Å². The zero-order valence-corrected chi connectivity index (χ0v) is 14.0. The van der Waals surface area contributed by atoms with Gasteiger partial charge in [-0.3, -0.25) is 4.98 Å². The number of thiophene rings is 1. The largest absolute Gasteiger partial charge is 0.439 e. The van der Waals surface area contributed by atoms with Crippen LogP contribution >= 0.6 is 11.3 Å². The number of hydrogen-bond acceptors (Lipinski definition) is 6. The fourth-order valence-electron chi connectivity index (χ4n) is 3.15. The van der Waals surface area contributed by atoms with Crippen molar-refractivity contribution in [3.8, 4) is 11.8 Å². The molecule has 0 aromatic carbocycles. The second-order valence-electron chi connectivity index (χ2n) is 5.76. The van der Waals surface area contributed by atoms with Gasteiger partial charge < -0.3 is 10.5 Å². The molecule has 24 heavy (non-hydrogen) atoms. The van der Waals surface area contributed by atoms with Crippen molar-refractivity contribution in [3.05, 3.63) is 63.7 Å². The van der Waals surface area contributed by atoms with Crippen molar-refractivity contribution in [2.24, 2.45) is 5.73 Å². The summed E-state index contributed by atoms with van der Waals surface area (Å²) in [7, 11) is 0. The van der Waals surface area contributed by atoms with Crippen LogP contribution in [0, 0.1) is 25.2 Å². The van der Waals surface area contributed by atoms with Crippen LogP contribution in [0.25, 0.3) is 10.2 Å². The minimum Gasteiger partial charge on any atom is -0.439 e. The van der Waals surface area contributed by atoms with Crippen LogP contribution in [0.1, 0.15) is 27.6 Å². The number of aromatic nitrogens is 2. The molecular weight excluding hydrogens is 320 g/mol. The predicted octanol–water partition coefficient (Wildman–Crippen LogP) is 3.53. The van der Waals surface area contributed by atoms with E-state index in [-0.39, 0.29) is 11.8 Å². The fraction of sp³-hybridized carbons (Fsp3) is 0.167. The number of ether oxygens (including phenoxy) is 1. The summed E-state index contributed by atoms with van der Waals surface area (Å²) in [6, 6.07) is 8.04. The predicted molar refractivity (Wildman–Crippen MR) is 92.6 cm³/mol. The molecule has 0 aliphatic carbocycles. The average molecular weight is 334 g/mol. The smallest absolute Gasteiger partial charge is 0.205 e. The first-order valence-corrected chi connectivity index (χ1v) is 8.30. The standard InChI is InChI=1S/C18H14N4OS/c1-9-7-10(2)22-18-13(9)15-16(24-18)14(11-3-5-21-6-4-11)12(8-19)17(20)23-15/h3-7,14H,20H2,1-2H3/t14-/m0/s1. The Morgan fingerprint density at radius 1 is 1.29 bits per heavy atom. The first kappa shape index (κ1) is 14.7. The third-order valence-corrected chi connectivity index (χ3v) is 5.29. The molecule has 3 aromatic rings. The molecule has 4 rings (SSSR count). The SMILES string of the molecule is Cc1cc(C)c2c3c(sc2n1)[C@@H](c1ccncc1)C(C#N)=C(N)O3. The Kier molecular flexibility index (Phi) is 3.25. The van der Waals surface area contributed by atoms with Crippen molar-refractivity contribution < 1.29 is 4.74 Å². The first-order chi connectivity index (χ1) is 11.6. The third-order valence-electron chi connectivity index (χ3n) is 4.16. The van der Waals surface area contributed by atoms with Crippen LogP contribution in [-0.4, -0.2) is 9.97 Å². The quantitative estimate of drug-likeness (QED) is 0.736. The molecule has 1 atom stereocenters. The van der Waals surface area contributed by atoms with Crippen LogP contribution < -0.4 is 10.5 Å². The van der Waals surface area contributed by atoms with Gasteiger partial charge in [0.2, 0.25) is 5.88 Å². The molecule has 3 aromatic heterocycles. The molecule has 4 heterocycles. The maximum absolute atomic E-state index is 9.60. The van der Waals surface area contributed by atoms with Crippen molar-refractivity contribution in [1.29, 1.82) is 5.26 Å². The molecule has 0 fully saturated rings. The summed E-state index contributed by atoms with van der Waals surface area (Å²) >= 11 is 1.55. The summed E-state index contributed by atoms with van der Waals surface area (Å²) in [6.45, 7) is 4.01. The zero-order valence-electron chi connectivity index (χ0n) is 13.2. The summed E-state index contributed by atoms with van der Waals surface area (Å²) in [6.07, 6.45) is 3.44. The summed E-state index contributed by atoms with van der Waals surface area (Å²) in [4.78, 5) is 10.6. The highest BCUT2D eigenvalue weighted by atomic mass is 32.1. The molecule has 2 N–H and O–H groups in total. The Bertz CT molecular complexity index is 1030. The Hall–Kier alpha value is -2.91. The van der Waals surface area contributed by atoms with Crippen LogP contribution in [0.15, 0.2) is 42.0 Å². The molecule has 0 spiro atoms. The van der Waals surface area contributed by atoms with Crippen molar-refractivity contribution >= 4 is 21.6 Å². The van der Waals surface area contributed by atoms with Gasteiger partial charge in [-0.15, -0.1) is 11.3 Å². The van der Waals surface area contributed by atoms with E-state index in [1.54, 1.807) is 23.7 Å². The fourth-order valence-corrected chi connectivity index (χ4v) is 4.51. The number of pyridine rings is 2. The maximum Gasteiger partial charge on any atom is 0.205 e. The number of aryl methyl sites for hydroxylation is 2. The van der Waals surface area contributed by atoms with E-state index < -0.39 is 0 Å². The molecule has 5 nitrogen and oxygen atoms in total. The van der Waals surface area contributed by atoms with Crippen molar-refractivity contribution in [2.45, 2.75) is 19.8 Å². The van der Waals surface area contributed by atoms with Gasteiger partial charge in [0.25, 0.3) is 0 Å². The minimum absolute atomic E-state index is 0.159. The molecule has 0 saturated heterocycles.